The van der Waals surface area contributed by atoms with Crippen molar-refractivity contribution >= 4 is 23.3 Å². The number of carbonyl (C=O) groups excluding carboxylic acids is 1. The van der Waals surface area contributed by atoms with Crippen molar-refractivity contribution in [1.82, 2.24) is 24.9 Å². The quantitative estimate of drug-likeness (QED) is 0.764. The number of aryl methyl sites for hydroxylation is 1. The third kappa shape index (κ3) is 3.26. The van der Waals surface area contributed by atoms with Gasteiger partial charge < -0.3 is 10.6 Å². The number of urea groups is 1. The number of anilines is 1. The molecule has 1 aromatic carbocycles. The predicted octanol–water partition coefficient (Wildman–Crippen LogP) is 2.89. The van der Waals surface area contributed by atoms with Crippen LogP contribution in [0.3, 0.4) is 0 Å². The number of hydrogen-bond donors (Lipinski definition) is 2. The van der Waals surface area contributed by atoms with Gasteiger partial charge in [0.05, 0.1) is 16.9 Å². The van der Waals surface area contributed by atoms with Crippen molar-refractivity contribution < 1.29 is 4.79 Å². The maximum atomic E-state index is 12.2. The number of para-hydroxylation sites is 1. The number of nitrogens with zero attached hydrogens (tertiary/aromatic N) is 4. The average Bonchev–Trinajstić information content (AvgIpc) is 3.18. The monoisotopic (exact) mass is 344 g/mol. The molecule has 24 heavy (non-hydrogen) atoms. The van der Waals surface area contributed by atoms with Crippen molar-refractivity contribution in [2.75, 3.05) is 5.32 Å². The van der Waals surface area contributed by atoms with Gasteiger partial charge in [-0.05, 0) is 25.1 Å². The van der Waals surface area contributed by atoms with Gasteiger partial charge in [-0.1, -0.05) is 17.7 Å². The molecule has 2 N–H and O–H groups in total. The number of nitrogens with one attached hydrogen (secondary N) is 2. The zero-order valence-electron chi connectivity index (χ0n) is 13.3. The number of halogens is 1. The summed E-state index contributed by atoms with van der Waals surface area (Å²) in [6, 6.07) is 6.77. The predicted molar refractivity (Wildman–Crippen MR) is 92.4 cm³/mol. The minimum Gasteiger partial charge on any atom is -0.334 e. The van der Waals surface area contributed by atoms with E-state index in [-0.39, 0.29) is 6.03 Å². The lowest BCUT2D eigenvalue weighted by atomic mass is 10.2. The molecular formula is C16H17ClN6O. The summed E-state index contributed by atoms with van der Waals surface area (Å²) in [5.74, 6) is 0. The molecule has 0 spiro atoms. The Bertz CT molecular complexity index is 856. The first-order chi connectivity index (χ1) is 11.6. The summed E-state index contributed by atoms with van der Waals surface area (Å²) in [7, 11) is 1.86. The van der Waals surface area contributed by atoms with E-state index in [1.165, 1.54) is 0 Å². The Morgan fingerprint density at radius 2 is 2.12 bits per heavy atom. The Labute approximate surface area is 144 Å². The molecule has 2 aromatic heterocycles. The first-order valence-electron chi connectivity index (χ1n) is 7.37. The highest BCUT2D eigenvalue weighted by atomic mass is 35.5. The van der Waals surface area contributed by atoms with E-state index < -0.39 is 0 Å². The number of benzene rings is 1. The van der Waals surface area contributed by atoms with Gasteiger partial charge in [0, 0.05) is 37.2 Å². The van der Waals surface area contributed by atoms with Gasteiger partial charge in [-0.25, -0.2) is 9.48 Å². The SMILES string of the molecule is Cc1c(CNC(=O)Nc2cccc(Cl)c2-n2cccn2)cnn1C. The molecular weight excluding hydrogens is 328 g/mol. The minimum absolute atomic E-state index is 0.325. The zero-order valence-corrected chi connectivity index (χ0v) is 14.1. The molecule has 3 rings (SSSR count). The summed E-state index contributed by atoms with van der Waals surface area (Å²) in [6.45, 7) is 2.35. The van der Waals surface area contributed by atoms with Crippen LogP contribution in [-0.2, 0) is 13.6 Å². The zero-order chi connectivity index (χ0) is 17.1. The molecule has 0 saturated carbocycles. The van der Waals surface area contributed by atoms with Gasteiger partial charge in [-0.3, -0.25) is 4.68 Å². The lowest BCUT2D eigenvalue weighted by molar-refractivity contribution is 0.251. The van der Waals surface area contributed by atoms with Crippen molar-refractivity contribution in [2.24, 2.45) is 7.05 Å². The fourth-order valence-electron chi connectivity index (χ4n) is 2.31. The molecule has 0 aliphatic carbocycles. The minimum atomic E-state index is -0.325. The van der Waals surface area contributed by atoms with Crippen molar-refractivity contribution in [1.29, 1.82) is 0 Å². The molecule has 8 heteroatoms. The fourth-order valence-corrected chi connectivity index (χ4v) is 2.57. The van der Waals surface area contributed by atoms with Crippen LogP contribution in [0.15, 0.2) is 42.9 Å². The van der Waals surface area contributed by atoms with Crippen LogP contribution in [-0.4, -0.2) is 25.6 Å². The third-order valence-electron chi connectivity index (χ3n) is 3.74. The second kappa shape index (κ2) is 6.76. The van der Waals surface area contributed by atoms with Crippen molar-refractivity contribution in [3.05, 3.63) is 59.1 Å². The smallest absolute Gasteiger partial charge is 0.319 e. The topological polar surface area (TPSA) is 76.8 Å². The van der Waals surface area contributed by atoms with E-state index in [0.717, 1.165) is 11.3 Å². The number of rotatable bonds is 4. The Hall–Kier alpha value is -2.80. The van der Waals surface area contributed by atoms with E-state index in [4.69, 9.17) is 11.6 Å². The summed E-state index contributed by atoms with van der Waals surface area (Å²) in [5, 5.41) is 14.5. The standard InChI is InChI=1S/C16H17ClN6O/c1-11-12(10-20-22(11)2)9-18-16(24)21-14-6-3-5-13(17)15(14)23-8-4-7-19-23/h3-8,10H,9H2,1-2H3,(H2,18,21,24). The molecule has 0 atom stereocenters. The number of hydrogen-bond acceptors (Lipinski definition) is 3. The first kappa shape index (κ1) is 16.1. The maximum absolute atomic E-state index is 12.2. The highest BCUT2D eigenvalue weighted by Gasteiger charge is 2.12. The van der Waals surface area contributed by atoms with Gasteiger partial charge in [-0.15, -0.1) is 0 Å². The van der Waals surface area contributed by atoms with Gasteiger partial charge in [0.15, 0.2) is 0 Å². The van der Waals surface area contributed by atoms with E-state index in [0.29, 0.717) is 22.9 Å². The molecule has 7 nitrogen and oxygen atoms in total. The molecule has 0 saturated heterocycles. The van der Waals surface area contributed by atoms with Crippen LogP contribution in [0.1, 0.15) is 11.3 Å². The maximum Gasteiger partial charge on any atom is 0.319 e. The van der Waals surface area contributed by atoms with Gasteiger partial charge in [0.25, 0.3) is 0 Å². The van der Waals surface area contributed by atoms with Crippen LogP contribution >= 0.6 is 11.6 Å². The van der Waals surface area contributed by atoms with Crippen LogP contribution in [0.2, 0.25) is 5.02 Å². The molecule has 0 radical (unpaired) electrons. The summed E-state index contributed by atoms with van der Waals surface area (Å²) in [4.78, 5) is 12.2. The van der Waals surface area contributed by atoms with Gasteiger partial charge in [0.2, 0.25) is 0 Å². The number of carbonyl (C=O) groups is 1. The molecule has 0 fully saturated rings. The fraction of sp³-hybridized carbons (Fsp3) is 0.188. The molecule has 0 bridgehead atoms. The van der Waals surface area contributed by atoms with E-state index >= 15 is 0 Å². The Kier molecular flexibility index (Phi) is 4.52. The Morgan fingerprint density at radius 1 is 1.29 bits per heavy atom. The summed E-state index contributed by atoms with van der Waals surface area (Å²) < 4.78 is 3.38. The average molecular weight is 345 g/mol. The van der Waals surface area contributed by atoms with Crippen LogP contribution in [0.4, 0.5) is 10.5 Å². The van der Waals surface area contributed by atoms with Crippen LogP contribution in [0.25, 0.3) is 5.69 Å². The van der Waals surface area contributed by atoms with Gasteiger partial charge >= 0.3 is 6.03 Å². The normalized spacial score (nSPS) is 10.6. The summed E-state index contributed by atoms with van der Waals surface area (Å²) in [5.41, 5.74) is 3.17. The van der Waals surface area contributed by atoms with E-state index in [1.807, 2.05) is 14.0 Å². The second-order valence-corrected chi connectivity index (χ2v) is 5.68. The van der Waals surface area contributed by atoms with Crippen molar-refractivity contribution in [3.8, 4) is 5.69 Å². The molecule has 0 aliphatic heterocycles. The van der Waals surface area contributed by atoms with Crippen LogP contribution in [0.5, 0.6) is 0 Å². The molecule has 2 amide bonds. The summed E-state index contributed by atoms with van der Waals surface area (Å²) >= 11 is 6.26. The number of amides is 2. The van der Waals surface area contributed by atoms with E-state index in [9.17, 15) is 4.79 Å². The van der Waals surface area contributed by atoms with Gasteiger partial charge in [0.1, 0.15) is 5.69 Å². The molecule has 2 heterocycles. The molecule has 0 unspecified atom stereocenters. The van der Waals surface area contributed by atoms with Crippen LogP contribution < -0.4 is 10.6 Å². The van der Waals surface area contributed by atoms with E-state index in [2.05, 4.69) is 20.8 Å². The highest BCUT2D eigenvalue weighted by molar-refractivity contribution is 6.33. The number of aromatic nitrogens is 4. The van der Waals surface area contributed by atoms with E-state index in [1.54, 1.807) is 52.2 Å². The largest absolute Gasteiger partial charge is 0.334 e. The second-order valence-electron chi connectivity index (χ2n) is 5.27. The Morgan fingerprint density at radius 3 is 2.79 bits per heavy atom. The third-order valence-corrected chi connectivity index (χ3v) is 4.05. The molecule has 124 valence electrons. The Balaban J connectivity index is 1.73. The first-order valence-corrected chi connectivity index (χ1v) is 7.75. The van der Waals surface area contributed by atoms with Crippen molar-refractivity contribution in [3.63, 3.8) is 0 Å². The highest BCUT2D eigenvalue weighted by Crippen LogP contribution is 2.27. The van der Waals surface area contributed by atoms with Gasteiger partial charge in [-0.2, -0.15) is 10.2 Å². The van der Waals surface area contributed by atoms with Crippen LogP contribution in [0, 0.1) is 6.92 Å². The lowest BCUT2D eigenvalue weighted by Crippen LogP contribution is -2.28. The molecule has 0 aliphatic rings. The van der Waals surface area contributed by atoms with Crippen molar-refractivity contribution in [2.45, 2.75) is 13.5 Å². The lowest BCUT2D eigenvalue weighted by Gasteiger charge is -2.13. The summed E-state index contributed by atoms with van der Waals surface area (Å²) in [6.07, 6.45) is 5.16. The molecule has 3 aromatic rings.